The third kappa shape index (κ3) is 5.32. The molecular weight excluding hydrogens is 459 g/mol. The van der Waals surface area contributed by atoms with Crippen molar-refractivity contribution in [2.24, 2.45) is 0 Å². The molecule has 8 heteroatoms. The first-order chi connectivity index (χ1) is 17.3. The molecule has 2 heterocycles. The number of halogens is 1. The van der Waals surface area contributed by atoms with Crippen molar-refractivity contribution in [1.82, 2.24) is 9.97 Å². The number of Topliss-reactive ketones (excluding diaryl/α,β-unsaturated/α-hetero) is 1. The summed E-state index contributed by atoms with van der Waals surface area (Å²) in [5.41, 5.74) is 3.26. The Morgan fingerprint density at radius 3 is 2.50 bits per heavy atom. The summed E-state index contributed by atoms with van der Waals surface area (Å²) in [4.78, 5) is 46.5. The number of benzene rings is 1. The second-order valence-corrected chi connectivity index (χ2v) is 9.37. The van der Waals surface area contributed by atoms with Crippen molar-refractivity contribution in [3.8, 4) is 11.1 Å². The number of rotatable bonds is 9. The van der Waals surface area contributed by atoms with Crippen molar-refractivity contribution in [3.05, 3.63) is 71.6 Å². The Kier molecular flexibility index (Phi) is 7.52. The highest BCUT2D eigenvalue weighted by atomic mass is 19.1. The predicted octanol–water partition coefficient (Wildman–Crippen LogP) is 5.48. The zero-order valence-electron chi connectivity index (χ0n) is 20.6. The number of amides is 2. The maximum atomic E-state index is 15.6. The molecule has 3 aromatic rings. The monoisotopic (exact) mass is 488 g/mol. The normalized spacial score (nSPS) is 13.2. The molecule has 0 spiro atoms. The predicted molar refractivity (Wildman–Crippen MR) is 137 cm³/mol. The summed E-state index contributed by atoms with van der Waals surface area (Å²) in [6.07, 6.45) is 5.05. The van der Waals surface area contributed by atoms with Crippen LogP contribution in [0.15, 0.2) is 48.7 Å². The molecule has 1 fully saturated rings. The number of nitrogens with one attached hydrogen (secondary N) is 1. The molecule has 186 valence electrons. The maximum absolute atomic E-state index is 15.6. The van der Waals surface area contributed by atoms with E-state index in [1.54, 1.807) is 48.7 Å². The second kappa shape index (κ2) is 10.8. The van der Waals surface area contributed by atoms with E-state index in [-0.39, 0.29) is 35.4 Å². The summed E-state index contributed by atoms with van der Waals surface area (Å²) >= 11 is 0. The number of hydrogen-bond acceptors (Lipinski definition) is 5. The van der Waals surface area contributed by atoms with Gasteiger partial charge in [-0.1, -0.05) is 26.3 Å². The van der Waals surface area contributed by atoms with Crippen molar-refractivity contribution >= 4 is 29.5 Å². The molecule has 1 saturated carbocycles. The van der Waals surface area contributed by atoms with E-state index in [9.17, 15) is 14.4 Å². The Morgan fingerprint density at radius 1 is 1.19 bits per heavy atom. The number of hydrogen-bond donors (Lipinski definition) is 1. The Balaban J connectivity index is 1.70. The molecule has 4 rings (SSSR count). The third-order valence-electron chi connectivity index (χ3n) is 6.48. The summed E-state index contributed by atoms with van der Waals surface area (Å²) < 4.78 is 15.6. The Hall–Kier alpha value is -3.94. The summed E-state index contributed by atoms with van der Waals surface area (Å²) in [7, 11) is 0. The van der Waals surface area contributed by atoms with E-state index in [1.165, 1.54) is 11.8 Å². The van der Waals surface area contributed by atoms with Crippen LogP contribution in [0.1, 0.15) is 73.6 Å². The number of carbonyl (C=O) groups is 3. The van der Waals surface area contributed by atoms with Crippen molar-refractivity contribution in [2.75, 3.05) is 16.8 Å². The lowest BCUT2D eigenvalue weighted by Gasteiger charge is -2.28. The number of aromatic nitrogens is 2. The van der Waals surface area contributed by atoms with Crippen LogP contribution in [0.25, 0.3) is 11.1 Å². The average molecular weight is 489 g/mol. The number of carbonyl (C=O) groups excluding carboxylic acids is 3. The van der Waals surface area contributed by atoms with Crippen LogP contribution in [-0.4, -0.2) is 34.6 Å². The fourth-order valence-electron chi connectivity index (χ4n) is 4.32. The third-order valence-corrected chi connectivity index (χ3v) is 6.48. The van der Waals surface area contributed by atoms with Crippen molar-refractivity contribution in [1.29, 1.82) is 0 Å². The molecule has 1 aliphatic carbocycles. The molecule has 0 atom stereocenters. The zero-order valence-corrected chi connectivity index (χ0v) is 20.6. The van der Waals surface area contributed by atoms with Gasteiger partial charge >= 0.3 is 0 Å². The molecule has 0 radical (unpaired) electrons. The molecule has 36 heavy (non-hydrogen) atoms. The number of anilines is 2. The van der Waals surface area contributed by atoms with Gasteiger partial charge in [0.05, 0.1) is 16.9 Å². The van der Waals surface area contributed by atoms with E-state index >= 15 is 4.39 Å². The molecule has 0 aliphatic heterocycles. The average Bonchev–Trinajstić information content (AvgIpc) is 2.81. The summed E-state index contributed by atoms with van der Waals surface area (Å²) in [5, 5.41) is 2.73. The molecule has 0 bridgehead atoms. The van der Waals surface area contributed by atoms with Gasteiger partial charge in [0.25, 0.3) is 0 Å². The van der Waals surface area contributed by atoms with Gasteiger partial charge in [0.2, 0.25) is 18.3 Å². The highest BCUT2D eigenvalue weighted by Gasteiger charge is 2.28. The standard InChI is InChI=1S/C28H29FN4O3/c1-17(2)27-22(8-5-13-30-27)26-24(14-23(32-28(26)29)20-6-4-7-20)33(16-34)15-25(36)31-21-11-9-19(10-12-21)18(3)35/h5,8-14,16-17,20H,4,6-7,15H2,1-3H3,(H,31,36). The van der Waals surface area contributed by atoms with Gasteiger partial charge < -0.3 is 10.2 Å². The van der Waals surface area contributed by atoms with Crippen LogP contribution in [0.4, 0.5) is 15.8 Å². The van der Waals surface area contributed by atoms with Crippen molar-refractivity contribution in [3.63, 3.8) is 0 Å². The zero-order chi connectivity index (χ0) is 25.8. The molecule has 7 nitrogen and oxygen atoms in total. The van der Waals surface area contributed by atoms with Gasteiger partial charge in [-0.2, -0.15) is 4.39 Å². The first-order valence-corrected chi connectivity index (χ1v) is 12.1. The summed E-state index contributed by atoms with van der Waals surface area (Å²) in [6.45, 7) is 5.06. The lowest BCUT2D eigenvalue weighted by Crippen LogP contribution is -2.33. The highest BCUT2D eigenvalue weighted by molar-refractivity contribution is 6.00. The molecular formula is C28H29FN4O3. The lowest BCUT2D eigenvalue weighted by molar-refractivity contribution is -0.116. The Bertz CT molecular complexity index is 1290. The first kappa shape index (κ1) is 25.2. The number of ketones is 1. The van der Waals surface area contributed by atoms with Gasteiger partial charge in [-0.3, -0.25) is 19.4 Å². The fourth-order valence-corrected chi connectivity index (χ4v) is 4.32. The van der Waals surface area contributed by atoms with Crippen molar-refractivity contribution < 1.29 is 18.8 Å². The Labute approximate surface area is 209 Å². The van der Waals surface area contributed by atoms with Crippen LogP contribution >= 0.6 is 0 Å². The molecule has 0 saturated heterocycles. The largest absolute Gasteiger partial charge is 0.325 e. The van der Waals surface area contributed by atoms with Crippen LogP contribution < -0.4 is 10.2 Å². The second-order valence-electron chi connectivity index (χ2n) is 9.37. The van der Waals surface area contributed by atoms with Crippen LogP contribution in [0.2, 0.25) is 0 Å². The van der Waals surface area contributed by atoms with Crippen LogP contribution in [0.5, 0.6) is 0 Å². The lowest BCUT2D eigenvalue weighted by atomic mass is 9.82. The molecule has 1 aliphatic rings. The smallest absolute Gasteiger partial charge is 0.244 e. The molecule has 2 aromatic heterocycles. The van der Waals surface area contributed by atoms with Gasteiger partial charge in [0.15, 0.2) is 5.78 Å². The van der Waals surface area contributed by atoms with E-state index in [0.717, 1.165) is 19.3 Å². The molecule has 1 N–H and O–H groups in total. The summed E-state index contributed by atoms with van der Waals surface area (Å²) in [5.74, 6) is -1.08. The maximum Gasteiger partial charge on any atom is 0.244 e. The fraction of sp³-hybridized carbons (Fsp3) is 0.321. The number of nitrogens with zero attached hydrogens (tertiary/aromatic N) is 3. The number of pyridine rings is 2. The molecule has 2 amide bonds. The van der Waals surface area contributed by atoms with Crippen LogP contribution in [-0.2, 0) is 9.59 Å². The Morgan fingerprint density at radius 2 is 1.92 bits per heavy atom. The van der Waals surface area contributed by atoms with Crippen molar-refractivity contribution in [2.45, 2.75) is 51.9 Å². The van der Waals surface area contributed by atoms with E-state index < -0.39 is 11.9 Å². The summed E-state index contributed by atoms with van der Waals surface area (Å²) in [6, 6.07) is 11.7. The minimum atomic E-state index is -0.684. The quantitative estimate of drug-likeness (QED) is 0.245. The van der Waals surface area contributed by atoms with Gasteiger partial charge in [0, 0.05) is 34.6 Å². The SMILES string of the molecule is CC(=O)c1ccc(NC(=O)CN(C=O)c2cc(C3CCC3)nc(F)c2-c2cccnc2C(C)C)cc1. The van der Waals surface area contributed by atoms with Gasteiger partial charge in [0.1, 0.15) is 6.54 Å². The minimum Gasteiger partial charge on any atom is -0.325 e. The van der Waals surface area contributed by atoms with E-state index in [1.807, 2.05) is 13.8 Å². The van der Waals surface area contributed by atoms with Gasteiger partial charge in [-0.15, -0.1) is 0 Å². The van der Waals surface area contributed by atoms with Gasteiger partial charge in [-0.05, 0) is 62.1 Å². The van der Waals surface area contributed by atoms with E-state index in [2.05, 4.69) is 15.3 Å². The van der Waals surface area contributed by atoms with Gasteiger partial charge in [-0.25, -0.2) is 4.98 Å². The van der Waals surface area contributed by atoms with Crippen LogP contribution in [0, 0.1) is 5.95 Å². The molecule has 1 aromatic carbocycles. The first-order valence-electron chi connectivity index (χ1n) is 12.1. The van der Waals surface area contributed by atoms with E-state index in [4.69, 9.17) is 0 Å². The highest BCUT2D eigenvalue weighted by Crippen LogP contribution is 2.41. The topological polar surface area (TPSA) is 92.3 Å². The van der Waals surface area contributed by atoms with E-state index in [0.29, 0.717) is 34.6 Å². The minimum absolute atomic E-state index is 0.00529. The molecule has 0 unspecified atom stereocenters. The van der Waals surface area contributed by atoms with Crippen LogP contribution in [0.3, 0.4) is 0 Å².